The van der Waals surface area contributed by atoms with Crippen LogP contribution in [0.15, 0.2) is 36.4 Å². The van der Waals surface area contributed by atoms with E-state index in [0.29, 0.717) is 36.3 Å². The Morgan fingerprint density at radius 3 is 2.57 bits per heavy atom. The number of nitrogens with one attached hydrogen (secondary N) is 1. The summed E-state index contributed by atoms with van der Waals surface area (Å²) in [5.74, 6) is 1.09. The normalized spacial score (nSPS) is 18.1. The molecule has 7 heteroatoms. The van der Waals surface area contributed by atoms with Crippen LogP contribution in [0.1, 0.15) is 17.2 Å². The van der Waals surface area contributed by atoms with E-state index in [1.54, 1.807) is 0 Å². The number of benzene rings is 2. The minimum absolute atomic E-state index is 0.150. The maximum Gasteiger partial charge on any atom is 0.179 e. The number of nitrogens with zero attached hydrogens (tertiary/aromatic N) is 1. The first-order valence-electron chi connectivity index (χ1n) is 9.57. The molecule has 1 atom stereocenters. The number of hydrogen-bond donors (Lipinski definition) is 1. The Kier molecular flexibility index (Phi) is 6.32. The van der Waals surface area contributed by atoms with Crippen LogP contribution in [0.3, 0.4) is 0 Å². The second-order valence-corrected chi connectivity index (χ2v) is 7.36. The summed E-state index contributed by atoms with van der Waals surface area (Å²) in [5, 5.41) is 4.08. The molecule has 1 N–H and O–H groups in total. The second-order valence-electron chi connectivity index (χ2n) is 6.95. The van der Waals surface area contributed by atoms with Gasteiger partial charge < -0.3 is 19.5 Å². The Balaban J connectivity index is 1.44. The lowest BCUT2D eigenvalue weighted by Crippen LogP contribution is -2.42. The highest BCUT2D eigenvalue weighted by molar-refractivity contribution is 6.32. The van der Waals surface area contributed by atoms with Crippen molar-refractivity contribution >= 4 is 11.6 Å². The molecule has 1 saturated heterocycles. The zero-order chi connectivity index (χ0) is 19.3. The third-order valence-corrected chi connectivity index (χ3v) is 5.35. The van der Waals surface area contributed by atoms with Gasteiger partial charge in [-0.25, -0.2) is 4.39 Å². The first-order valence-corrected chi connectivity index (χ1v) is 9.94. The fraction of sp³-hybridized carbons (Fsp3) is 0.429. The van der Waals surface area contributed by atoms with Crippen LogP contribution in [0.5, 0.6) is 11.5 Å². The number of halogens is 2. The van der Waals surface area contributed by atoms with Gasteiger partial charge >= 0.3 is 0 Å². The molecule has 2 heterocycles. The van der Waals surface area contributed by atoms with Crippen LogP contribution in [0.4, 0.5) is 4.39 Å². The Morgan fingerprint density at radius 2 is 1.79 bits per heavy atom. The second kappa shape index (κ2) is 9.09. The maximum atomic E-state index is 13.4. The van der Waals surface area contributed by atoms with Gasteiger partial charge in [-0.1, -0.05) is 23.7 Å². The lowest BCUT2D eigenvalue weighted by molar-refractivity contribution is 0.0161. The predicted molar refractivity (Wildman–Crippen MR) is 106 cm³/mol. The van der Waals surface area contributed by atoms with Gasteiger partial charge in [0.15, 0.2) is 11.5 Å². The molecule has 150 valence electrons. The van der Waals surface area contributed by atoms with E-state index in [1.165, 1.54) is 12.1 Å². The van der Waals surface area contributed by atoms with Gasteiger partial charge in [-0.2, -0.15) is 0 Å². The van der Waals surface area contributed by atoms with Crippen LogP contribution in [0.2, 0.25) is 5.02 Å². The molecule has 4 rings (SSSR count). The molecule has 0 aliphatic carbocycles. The standard InChI is InChI=1S/C21H24ClFN2O3/c22-18-11-15(12-20-21(18)28-10-9-27-20)13-24-14-19(25-5-7-26-8-6-25)16-1-3-17(23)4-2-16/h1-4,11-12,19,24H,5-10,13-14H2. The Labute approximate surface area is 169 Å². The first kappa shape index (κ1) is 19.5. The maximum absolute atomic E-state index is 13.4. The average Bonchev–Trinajstić information content (AvgIpc) is 2.73. The summed E-state index contributed by atoms with van der Waals surface area (Å²) in [6, 6.07) is 10.8. The largest absolute Gasteiger partial charge is 0.486 e. The van der Waals surface area contributed by atoms with Crippen molar-refractivity contribution in [2.45, 2.75) is 12.6 Å². The lowest BCUT2D eigenvalue weighted by atomic mass is 10.0. The molecule has 0 amide bonds. The Bertz CT molecular complexity index is 797. The number of fused-ring (bicyclic) bond motifs is 1. The Morgan fingerprint density at radius 1 is 1.04 bits per heavy atom. The summed E-state index contributed by atoms with van der Waals surface area (Å²) >= 11 is 6.33. The Hall–Kier alpha value is -1.86. The number of hydrogen-bond acceptors (Lipinski definition) is 5. The van der Waals surface area contributed by atoms with Gasteiger partial charge in [0.1, 0.15) is 19.0 Å². The predicted octanol–water partition coefficient (Wildman–Crippen LogP) is 3.41. The van der Waals surface area contributed by atoms with E-state index in [0.717, 1.165) is 44.0 Å². The molecule has 0 saturated carbocycles. The van der Waals surface area contributed by atoms with Crippen LogP contribution in [0.25, 0.3) is 0 Å². The van der Waals surface area contributed by atoms with E-state index < -0.39 is 0 Å². The minimum Gasteiger partial charge on any atom is -0.486 e. The molecular formula is C21H24ClFN2O3. The van der Waals surface area contributed by atoms with Crippen LogP contribution in [-0.4, -0.2) is 51.0 Å². The van der Waals surface area contributed by atoms with E-state index in [-0.39, 0.29) is 11.9 Å². The van der Waals surface area contributed by atoms with Gasteiger partial charge in [0.25, 0.3) is 0 Å². The first-order chi connectivity index (χ1) is 13.7. The molecule has 5 nitrogen and oxygen atoms in total. The van der Waals surface area contributed by atoms with E-state index in [2.05, 4.69) is 10.2 Å². The summed E-state index contributed by atoms with van der Waals surface area (Å²) in [5.41, 5.74) is 2.13. The minimum atomic E-state index is -0.219. The van der Waals surface area contributed by atoms with Gasteiger partial charge in [-0.05, 0) is 35.4 Å². The molecule has 0 radical (unpaired) electrons. The average molecular weight is 407 g/mol. The lowest BCUT2D eigenvalue weighted by Gasteiger charge is -2.35. The van der Waals surface area contributed by atoms with Gasteiger partial charge in [0.2, 0.25) is 0 Å². The van der Waals surface area contributed by atoms with Crippen molar-refractivity contribution in [3.63, 3.8) is 0 Å². The highest BCUT2D eigenvalue weighted by atomic mass is 35.5. The van der Waals surface area contributed by atoms with Gasteiger partial charge in [-0.3, -0.25) is 4.90 Å². The van der Waals surface area contributed by atoms with E-state index in [4.69, 9.17) is 25.8 Å². The van der Waals surface area contributed by atoms with Gasteiger partial charge in [-0.15, -0.1) is 0 Å². The summed E-state index contributed by atoms with van der Waals surface area (Å²) in [4.78, 5) is 2.38. The van der Waals surface area contributed by atoms with Crippen molar-refractivity contribution < 1.29 is 18.6 Å². The molecular weight excluding hydrogens is 383 g/mol. The molecule has 2 aliphatic rings. The van der Waals surface area contributed by atoms with E-state index >= 15 is 0 Å². The summed E-state index contributed by atoms with van der Waals surface area (Å²) in [7, 11) is 0. The molecule has 2 aliphatic heterocycles. The monoisotopic (exact) mass is 406 g/mol. The van der Waals surface area contributed by atoms with Crippen molar-refractivity contribution in [3.05, 3.63) is 58.4 Å². The summed E-state index contributed by atoms with van der Waals surface area (Å²) < 4.78 is 30.1. The highest BCUT2D eigenvalue weighted by Crippen LogP contribution is 2.38. The van der Waals surface area contributed by atoms with Crippen LogP contribution >= 0.6 is 11.6 Å². The summed E-state index contributed by atoms with van der Waals surface area (Å²) in [6.07, 6.45) is 0. The van der Waals surface area contributed by atoms with Crippen molar-refractivity contribution in [2.24, 2.45) is 0 Å². The van der Waals surface area contributed by atoms with Gasteiger partial charge in [0.05, 0.1) is 18.2 Å². The van der Waals surface area contributed by atoms with Crippen LogP contribution in [-0.2, 0) is 11.3 Å². The van der Waals surface area contributed by atoms with Crippen molar-refractivity contribution in [1.82, 2.24) is 10.2 Å². The van der Waals surface area contributed by atoms with Gasteiger partial charge in [0, 0.05) is 32.2 Å². The quantitative estimate of drug-likeness (QED) is 0.796. The number of rotatable bonds is 6. The molecule has 1 unspecified atom stereocenters. The third kappa shape index (κ3) is 4.58. The molecule has 0 bridgehead atoms. The highest BCUT2D eigenvalue weighted by Gasteiger charge is 2.23. The topological polar surface area (TPSA) is 43.0 Å². The zero-order valence-corrected chi connectivity index (χ0v) is 16.4. The zero-order valence-electron chi connectivity index (χ0n) is 15.6. The molecule has 0 spiro atoms. The number of morpholine rings is 1. The van der Waals surface area contributed by atoms with Crippen molar-refractivity contribution in [3.8, 4) is 11.5 Å². The molecule has 0 aromatic heterocycles. The fourth-order valence-corrected chi connectivity index (χ4v) is 3.94. The SMILES string of the molecule is Fc1ccc(C(CNCc2cc(Cl)c3c(c2)OCCO3)N2CCOCC2)cc1. The van der Waals surface area contributed by atoms with Crippen molar-refractivity contribution in [1.29, 1.82) is 0 Å². The third-order valence-electron chi connectivity index (χ3n) is 5.06. The number of ether oxygens (including phenoxy) is 3. The van der Waals surface area contributed by atoms with Crippen LogP contribution < -0.4 is 14.8 Å². The molecule has 28 heavy (non-hydrogen) atoms. The van der Waals surface area contributed by atoms with Crippen molar-refractivity contribution in [2.75, 3.05) is 46.1 Å². The molecule has 1 fully saturated rings. The molecule has 2 aromatic rings. The molecule has 2 aromatic carbocycles. The van der Waals surface area contributed by atoms with Crippen LogP contribution in [0, 0.1) is 5.82 Å². The fourth-order valence-electron chi connectivity index (χ4n) is 3.65. The van der Waals surface area contributed by atoms with E-state index in [1.807, 2.05) is 24.3 Å². The smallest absolute Gasteiger partial charge is 0.179 e. The van der Waals surface area contributed by atoms with E-state index in [9.17, 15) is 4.39 Å². The summed E-state index contributed by atoms with van der Waals surface area (Å²) in [6.45, 7) is 5.59.